The molecule has 6 nitrogen and oxygen atoms in total. The quantitative estimate of drug-likeness (QED) is 0.311. The number of carboxylic acid groups (broad SMARTS) is 1. The lowest BCUT2D eigenvalue weighted by molar-refractivity contribution is -0.147. The Labute approximate surface area is 94.4 Å². The SMILES string of the molecule is CCCCOC(=O)CC(CC(=O)O)C(N)O. The number of esters is 1. The van der Waals surface area contributed by atoms with E-state index >= 15 is 0 Å². The standard InChI is InChI=1S/C10H19NO5/c1-2-3-4-16-9(14)6-7(10(11)15)5-8(12)13/h7,10,15H,2-6,11H2,1H3,(H,12,13). The normalized spacial score (nSPS) is 14.2. The van der Waals surface area contributed by atoms with Crippen LogP contribution in [0.1, 0.15) is 32.6 Å². The lowest BCUT2D eigenvalue weighted by Gasteiger charge is -2.16. The molecule has 16 heavy (non-hydrogen) atoms. The Hall–Kier alpha value is -1.14. The van der Waals surface area contributed by atoms with Gasteiger partial charge >= 0.3 is 11.9 Å². The minimum absolute atomic E-state index is 0.173. The summed E-state index contributed by atoms with van der Waals surface area (Å²) >= 11 is 0. The molecule has 0 aromatic carbocycles. The van der Waals surface area contributed by atoms with Crippen LogP contribution in [-0.2, 0) is 14.3 Å². The maximum absolute atomic E-state index is 11.2. The Morgan fingerprint density at radius 3 is 2.44 bits per heavy atom. The van der Waals surface area contributed by atoms with Crippen LogP contribution in [0.4, 0.5) is 0 Å². The first-order valence-corrected chi connectivity index (χ1v) is 5.28. The Kier molecular flexibility index (Phi) is 7.49. The monoisotopic (exact) mass is 233 g/mol. The molecule has 94 valence electrons. The van der Waals surface area contributed by atoms with Gasteiger partial charge in [0.2, 0.25) is 0 Å². The van der Waals surface area contributed by atoms with Gasteiger partial charge in [-0.05, 0) is 6.42 Å². The van der Waals surface area contributed by atoms with Gasteiger partial charge in [-0.15, -0.1) is 0 Å². The van der Waals surface area contributed by atoms with Crippen molar-refractivity contribution in [3.05, 3.63) is 0 Å². The van der Waals surface area contributed by atoms with Gasteiger partial charge in [0.1, 0.15) is 6.23 Å². The van der Waals surface area contributed by atoms with E-state index in [0.717, 1.165) is 12.8 Å². The van der Waals surface area contributed by atoms with Gasteiger partial charge < -0.3 is 20.7 Å². The molecule has 0 aliphatic carbocycles. The summed E-state index contributed by atoms with van der Waals surface area (Å²) < 4.78 is 4.85. The number of aliphatic hydroxyl groups excluding tert-OH is 1. The molecule has 0 saturated heterocycles. The number of unbranched alkanes of at least 4 members (excludes halogenated alkanes) is 1. The first-order chi connectivity index (χ1) is 7.47. The van der Waals surface area contributed by atoms with Crippen molar-refractivity contribution >= 4 is 11.9 Å². The molecule has 0 spiro atoms. The van der Waals surface area contributed by atoms with E-state index in [4.69, 9.17) is 20.7 Å². The smallest absolute Gasteiger partial charge is 0.306 e. The number of rotatable bonds is 8. The predicted molar refractivity (Wildman–Crippen MR) is 56.4 cm³/mol. The average Bonchev–Trinajstić information content (AvgIpc) is 2.16. The molecule has 6 heteroatoms. The molecule has 0 aliphatic heterocycles. The number of carbonyl (C=O) groups is 2. The number of hydrogen-bond donors (Lipinski definition) is 3. The van der Waals surface area contributed by atoms with E-state index in [1.807, 2.05) is 6.92 Å². The zero-order valence-corrected chi connectivity index (χ0v) is 9.39. The maximum atomic E-state index is 11.2. The van der Waals surface area contributed by atoms with Crippen molar-refractivity contribution < 1.29 is 24.5 Å². The molecular formula is C10H19NO5. The van der Waals surface area contributed by atoms with Crippen LogP contribution in [0.2, 0.25) is 0 Å². The molecule has 0 aromatic rings. The Morgan fingerprint density at radius 1 is 1.38 bits per heavy atom. The fourth-order valence-corrected chi connectivity index (χ4v) is 1.14. The summed E-state index contributed by atoms with van der Waals surface area (Å²) in [6, 6.07) is 0. The summed E-state index contributed by atoms with van der Waals surface area (Å²) in [5, 5.41) is 17.6. The summed E-state index contributed by atoms with van der Waals surface area (Å²) in [5.74, 6) is -2.42. The first-order valence-electron chi connectivity index (χ1n) is 5.28. The molecule has 2 atom stereocenters. The van der Waals surface area contributed by atoms with E-state index < -0.39 is 24.1 Å². The van der Waals surface area contributed by atoms with E-state index in [2.05, 4.69) is 0 Å². The molecule has 0 saturated carbocycles. The van der Waals surface area contributed by atoms with Crippen molar-refractivity contribution in [2.45, 2.75) is 38.8 Å². The number of aliphatic hydroxyl groups is 1. The van der Waals surface area contributed by atoms with E-state index in [1.54, 1.807) is 0 Å². The van der Waals surface area contributed by atoms with Gasteiger partial charge in [0.05, 0.1) is 19.4 Å². The van der Waals surface area contributed by atoms with Gasteiger partial charge in [-0.25, -0.2) is 0 Å². The van der Waals surface area contributed by atoms with Gasteiger partial charge in [-0.1, -0.05) is 13.3 Å². The minimum atomic E-state index is -1.32. The fourth-order valence-electron chi connectivity index (χ4n) is 1.14. The molecule has 0 bridgehead atoms. The molecule has 0 fully saturated rings. The Bertz CT molecular complexity index is 229. The van der Waals surface area contributed by atoms with Crippen molar-refractivity contribution in [1.29, 1.82) is 0 Å². The Morgan fingerprint density at radius 2 is 2.00 bits per heavy atom. The third kappa shape index (κ3) is 7.19. The second kappa shape index (κ2) is 8.06. The first kappa shape index (κ1) is 14.9. The highest BCUT2D eigenvalue weighted by molar-refractivity contribution is 5.72. The third-order valence-electron chi connectivity index (χ3n) is 2.11. The predicted octanol–water partition coefficient (Wildman–Crippen LogP) is 0.0878. The largest absolute Gasteiger partial charge is 0.481 e. The Balaban J connectivity index is 3.98. The van der Waals surface area contributed by atoms with Gasteiger partial charge in [-0.3, -0.25) is 9.59 Å². The summed E-state index contributed by atoms with van der Waals surface area (Å²) in [4.78, 5) is 21.7. The summed E-state index contributed by atoms with van der Waals surface area (Å²) in [6.07, 6.45) is -0.171. The zero-order valence-electron chi connectivity index (χ0n) is 9.39. The summed E-state index contributed by atoms with van der Waals surface area (Å²) in [7, 11) is 0. The van der Waals surface area contributed by atoms with Gasteiger partial charge in [0.15, 0.2) is 0 Å². The molecule has 0 radical (unpaired) electrons. The van der Waals surface area contributed by atoms with E-state index in [9.17, 15) is 9.59 Å². The highest BCUT2D eigenvalue weighted by Crippen LogP contribution is 2.12. The van der Waals surface area contributed by atoms with E-state index in [-0.39, 0.29) is 12.8 Å². The molecule has 0 aromatic heterocycles. The van der Waals surface area contributed by atoms with Crippen molar-refractivity contribution in [2.24, 2.45) is 11.7 Å². The van der Waals surface area contributed by atoms with Crippen LogP contribution in [0.25, 0.3) is 0 Å². The van der Waals surface area contributed by atoms with Crippen molar-refractivity contribution in [3.8, 4) is 0 Å². The van der Waals surface area contributed by atoms with Crippen molar-refractivity contribution in [1.82, 2.24) is 0 Å². The van der Waals surface area contributed by atoms with E-state index in [1.165, 1.54) is 0 Å². The summed E-state index contributed by atoms with van der Waals surface area (Å²) in [5.41, 5.74) is 5.17. The van der Waals surface area contributed by atoms with Crippen LogP contribution < -0.4 is 5.73 Å². The molecule has 2 unspecified atom stereocenters. The maximum Gasteiger partial charge on any atom is 0.306 e. The van der Waals surface area contributed by atoms with E-state index in [0.29, 0.717) is 6.61 Å². The van der Waals surface area contributed by atoms with Crippen LogP contribution in [0.5, 0.6) is 0 Å². The van der Waals surface area contributed by atoms with Crippen LogP contribution in [0.15, 0.2) is 0 Å². The minimum Gasteiger partial charge on any atom is -0.481 e. The number of carboxylic acids is 1. The van der Waals surface area contributed by atoms with Gasteiger partial charge in [-0.2, -0.15) is 0 Å². The summed E-state index contributed by atoms with van der Waals surface area (Å²) in [6.45, 7) is 2.28. The highest BCUT2D eigenvalue weighted by Gasteiger charge is 2.23. The fraction of sp³-hybridized carbons (Fsp3) is 0.800. The molecule has 0 rings (SSSR count). The molecule has 4 N–H and O–H groups in total. The van der Waals surface area contributed by atoms with Crippen LogP contribution >= 0.6 is 0 Å². The van der Waals surface area contributed by atoms with Gasteiger partial charge in [0, 0.05) is 5.92 Å². The zero-order chi connectivity index (χ0) is 12.6. The number of nitrogens with two attached hydrogens (primary N) is 1. The number of aliphatic carboxylic acids is 1. The second-order valence-electron chi connectivity index (χ2n) is 3.63. The molecule has 0 heterocycles. The number of ether oxygens (including phenoxy) is 1. The topological polar surface area (TPSA) is 110 Å². The lowest BCUT2D eigenvalue weighted by Crippen LogP contribution is -2.33. The molecule has 0 aliphatic rings. The van der Waals surface area contributed by atoms with Gasteiger partial charge in [0.25, 0.3) is 0 Å². The third-order valence-corrected chi connectivity index (χ3v) is 2.11. The molecule has 0 amide bonds. The number of carbonyl (C=O) groups excluding carboxylic acids is 1. The van der Waals surface area contributed by atoms with Crippen LogP contribution in [0, 0.1) is 5.92 Å². The van der Waals surface area contributed by atoms with Crippen molar-refractivity contribution in [3.63, 3.8) is 0 Å². The number of hydrogen-bond acceptors (Lipinski definition) is 5. The average molecular weight is 233 g/mol. The second-order valence-corrected chi connectivity index (χ2v) is 3.63. The van der Waals surface area contributed by atoms with Crippen molar-refractivity contribution in [2.75, 3.05) is 6.61 Å². The van der Waals surface area contributed by atoms with Crippen LogP contribution in [-0.4, -0.2) is 35.0 Å². The molecular weight excluding hydrogens is 214 g/mol. The lowest BCUT2D eigenvalue weighted by atomic mass is 10.00. The highest BCUT2D eigenvalue weighted by atomic mass is 16.5. The van der Waals surface area contributed by atoms with Crippen LogP contribution in [0.3, 0.4) is 0 Å².